The fourth-order valence-corrected chi connectivity index (χ4v) is 2.39. The Labute approximate surface area is 115 Å². The second-order valence-corrected chi connectivity index (χ2v) is 5.72. The third-order valence-corrected chi connectivity index (χ3v) is 4.42. The molecule has 1 amide bonds. The molecule has 0 aromatic heterocycles. The van der Waals surface area contributed by atoms with Crippen molar-refractivity contribution in [2.75, 3.05) is 25.6 Å². The third-order valence-electron chi connectivity index (χ3n) is 2.40. The molecule has 0 saturated carbocycles. The van der Waals surface area contributed by atoms with E-state index < -0.39 is 0 Å². The number of thioether (sulfide) groups is 1. The van der Waals surface area contributed by atoms with Crippen LogP contribution in [0.3, 0.4) is 0 Å². The van der Waals surface area contributed by atoms with Crippen molar-refractivity contribution in [1.29, 1.82) is 0 Å². The minimum absolute atomic E-state index is 0.113. The first kappa shape index (κ1) is 13.8. The van der Waals surface area contributed by atoms with Crippen LogP contribution in [0.15, 0.2) is 18.2 Å². The summed E-state index contributed by atoms with van der Waals surface area (Å²) in [6, 6.07) is 5.86. The quantitative estimate of drug-likeness (QED) is 0.779. The molecule has 0 radical (unpaired) electrons. The van der Waals surface area contributed by atoms with Crippen molar-refractivity contribution in [3.63, 3.8) is 0 Å². The number of nitrogens with zero attached hydrogens (tertiary/aromatic N) is 1. The molecule has 0 aliphatic rings. The largest absolute Gasteiger partial charge is 0.341 e. The first-order chi connectivity index (χ1) is 7.57. The normalized spacial score (nSPS) is 10.2. The second kappa shape index (κ2) is 6.49. The predicted molar refractivity (Wildman–Crippen MR) is 79.2 cm³/mol. The molecule has 1 aromatic carbocycles. The highest BCUT2D eigenvalue weighted by Gasteiger charge is 2.14. The summed E-state index contributed by atoms with van der Waals surface area (Å²) in [5, 5.41) is 0. The van der Waals surface area contributed by atoms with Gasteiger partial charge in [-0.25, -0.2) is 0 Å². The molecule has 88 valence electrons. The molecule has 4 heteroatoms. The number of aryl methyl sites for hydroxylation is 1. The Kier molecular flexibility index (Phi) is 5.61. The third kappa shape index (κ3) is 3.38. The van der Waals surface area contributed by atoms with Crippen LogP contribution in [0.5, 0.6) is 0 Å². The van der Waals surface area contributed by atoms with Gasteiger partial charge in [0, 0.05) is 22.9 Å². The highest BCUT2D eigenvalue weighted by atomic mass is 127. The Morgan fingerprint density at radius 1 is 1.50 bits per heavy atom. The Morgan fingerprint density at radius 3 is 2.81 bits per heavy atom. The summed E-state index contributed by atoms with van der Waals surface area (Å²) in [5.74, 6) is 1.09. The molecule has 0 aliphatic heterocycles. The molecule has 1 rings (SSSR count). The van der Waals surface area contributed by atoms with Gasteiger partial charge in [-0.05, 0) is 47.4 Å². The van der Waals surface area contributed by atoms with Crippen molar-refractivity contribution >= 4 is 40.3 Å². The van der Waals surface area contributed by atoms with Crippen LogP contribution in [0.25, 0.3) is 0 Å². The maximum Gasteiger partial charge on any atom is 0.254 e. The average molecular weight is 349 g/mol. The summed E-state index contributed by atoms with van der Waals surface area (Å²) in [4.78, 5) is 13.9. The predicted octanol–water partition coefficient (Wildman–Crippen LogP) is 3.03. The van der Waals surface area contributed by atoms with Crippen LogP contribution >= 0.6 is 34.4 Å². The van der Waals surface area contributed by atoms with Crippen molar-refractivity contribution in [2.45, 2.75) is 6.92 Å². The number of halogens is 1. The summed E-state index contributed by atoms with van der Waals surface area (Å²) in [5.41, 5.74) is 1.97. The van der Waals surface area contributed by atoms with E-state index in [1.165, 1.54) is 0 Å². The SMILES string of the molecule is CSCCN(C)C(=O)c1cccc(C)c1I. The molecule has 16 heavy (non-hydrogen) atoms. The van der Waals surface area contributed by atoms with E-state index in [0.717, 1.165) is 27.0 Å². The minimum atomic E-state index is 0.113. The number of benzene rings is 1. The summed E-state index contributed by atoms with van der Waals surface area (Å²) in [7, 11) is 1.86. The van der Waals surface area contributed by atoms with Crippen LogP contribution in [-0.2, 0) is 0 Å². The molecule has 0 spiro atoms. The van der Waals surface area contributed by atoms with Crippen LogP contribution < -0.4 is 0 Å². The van der Waals surface area contributed by atoms with Gasteiger partial charge in [0.1, 0.15) is 0 Å². The lowest BCUT2D eigenvalue weighted by atomic mass is 10.1. The smallest absolute Gasteiger partial charge is 0.254 e. The minimum Gasteiger partial charge on any atom is -0.341 e. The van der Waals surface area contributed by atoms with E-state index in [2.05, 4.69) is 28.8 Å². The molecule has 0 aliphatic carbocycles. The molecule has 2 nitrogen and oxygen atoms in total. The fourth-order valence-electron chi connectivity index (χ4n) is 1.35. The van der Waals surface area contributed by atoms with Crippen molar-refractivity contribution in [1.82, 2.24) is 4.90 Å². The summed E-state index contributed by atoms with van der Waals surface area (Å²) >= 11 is 3.99. The Balaban J connectivity index is 2.84. The van der Waals surface area contributed by atoms with Crippen LogP contribution in [-0.4, -0.2) is 36.4 Å². The zero-order valence-electron chi connectivity index (χ0n) is 9.79. The Hall–Kier alpha value is -0.230. The van der Waals surface area contributed by atoms with E-state index in [9.17, 15) is 4.79 Å². The van der Waals surface area contributed by atoms with Gasteiger partial charge in [-0.15, -0.1) is 0 Å². The van der Waals surface area contributed by atoms with Crippen LogP contribution in [0.4, 0.5) is 0 Å². The summed E-state index contributed by atoms with van der Waals surface area (Å²) < 4.78 is 1.06. The van der Waals surface area contributed by atoms with E-state index in [1.54, 1.807) is 16.7 Å². The number of carbonyl (C=O) groups excluding carboxylic acids is 1. The Morgan fingerprint density at radius 2 is 2.19 bits per heavy atom. The van der Waals surface area contributed by atoms with Crippen molar-refractivity contribution in [3.05, 3.63) is 32.9 Å². The number of hydrogen-bond acceptors (Lipinski definition) is 2. The lowest BCUT2D eigenvalue weighted by Crippen LogP contribution is -2.29. The molecule has 0 saturated heterocycles. The van der Waals surface area contributed by atoms with Gasteiger partial charge in [-0.2, -0.15) is 11.8 Å². The maximum atomic E-state index is 12.1. The summed E-state index contributed by atoms with van der Waals surface area (Å²) in [6.07, 6.45) is 2.05. The van der Waals surface area contributed by atoms with Gasteiger partial charge in [0.2, 0.25) is 0 Å². The van der Waals surface area contributed by atoms with Gasteiger partial charge < -0.3 is 4.90 Å². The molecular formula is C12H16INOS. The van der Waals surface area contributed by atoms with Gasteiger partial charge in [0.15, 0.2) is 0 Å². The van der Waals surface area contributed by atoms with Gasteiger partial charge in [0.05, 0.1) is 5.56 Å². The molecule has 1 aromatic rings. The molecule has 0 atom stereocenters. The topological polar surface area (TPSA) is 20.3 Å². The lowest BCUT2D eigenvalue weighted by Gasteiger charge is -2.17. The molecular weight excluding hydrogens is 333 g/mol. The number of rotatable bonds is 4. The zero-order valence-corrected chi connectivity index (χ0v) is 12.8. The molecule has 0 N–H and O–H groups in total. The fraction of sp³-hybridized carbons (Fsp3) is 0.417. The van der Waals surface area contributed by atoms with Crippen molar-refractivity contribution in [3.8, 4) is 0 Å². The Bertz CT molecular complexity index is 381. The molecule has 0 heterocycles. The van der Waals surface area contributed by atoms with E-state index in [1.807, 2.05) is 32.2 Å². The number of carbonyl (C=O) groups is 1. The number of amides is 1. The lowest BCUT2D eigenvalue weighted by molar-refractivity contribution is 0.0802. The molecule has 0 bridgehead atoms. The van der Waals surface area contributed by atoms with E-state index >= 15 is 0 Å². The van der Waals surface area contributed by atoms with Crippen LogP contribution in [0.2, 0.25) is 0 Å². The molecule has 0 fully saturated rings. The molecule has 0 unspecified atom stereocenters. The van der Waals surface area contributed by atoms with E-state index in [-0.39, 0.29) is 5.91 Å². The zero-order chi connectivity index (χ0) is 12.1. The highest BCUT2D eigenvalue weighted by molar-refractivity contribution is 14.1. The summed E-state index contributed by atoms with van der Waals surface area (Å²) in [6.45, 7) is 2.82. The first-order valence-electron chi connectivity index (χ1n) is 5.07. The second-order valence-electron chi connectivity index (χ2n) is 3.66. The van der Waals surface area contributed by atoms with Crippen LogP contribution in [0.1, 0.15) is 15.9 Å². The van der Waals surface area contributed by atoms with Gasteiger partial charge in [0.25, 0.3) is 5.91 Å². The van der Waals surface area contributed by atoms with Crippen LogP contribution in [0, 0.1) is 10.5 Å². The monoisotopic (exact) mass is 349 g/mol. The highest BCUT2D eigenvalue weighted by Crippen LogP contribution is 2.18. The van der Waals surface area contributed by atoms with Gasteiger partial charge in [-0.3, -0.25) is 4.79 Å². The van der Waals surface area contributed by atoms with Crippen molar-refractivity contribution in [2.24, 2.45) is 0 Å². The van der Waals surface area contributed by atoms with Gasteiger partial charge >= 0.3 is 0 Å². The van der Waals surface area contributed by atoms with E-state index in [4.69, 9.17) is 0 Å². The van der Waals surface area contributed by atoms with Gasteiger partial charge in [-0.1, -0.05) is 12.1 Å². The first-order valence-corrected chi connectivity index (χ1v) is 7.54. The average Bonchev–Trinajstić information content (AvgIpc) is 2.28. The van der Waals surface area contributed by atoms with Crippen molar-refractivity contribution < 1.29 is 4.79 Å². The standard InChI is InChI=1S/C12H16INOS/c1-9-5-4-6-10(11(9)13)12(15)14(2)7-8-16-3/h4-6H,7-8H2,1-3H3. The van der Waals surface area contributed by atoms with E-state index in [0.29, 0.717) is 0 Å². The number of hydrogen-bond donors (Lipinski definition) is 0. The maximum absolute atomic E-state index is 12.1.